The molecule has 140 valence electrons. The van der Waals surface area contributed by atoms with E-state index in [-0.39, 0.29) is 30.3 Å². The number of nitrogens with one attached hydrogen (secondary N) is 1. The Balaban J connectivity index is 0.00000225. The first-order chi connectivity index (χ1) is 11.5. The fourth-order valence-electron chi connectivity index (χ4n) is 4.21. The van der Waals surface area contributed by atoms with Gasteiger partial charge >= 0.3 is 0 Å². The highest BCUT2D eigenvalue weighted by Crippen LogP contribution is 2.41. The second kappa shape index (κ2) is 9.24. The van der Waals surface area contributed by atoms with Crippen LogP contribution in [0.5, 0.6) is 5.75 Å². The molecule has 0 spiro atoms. The van der Waals surface area contributed by atoms with Gasteiger partial charge in [0.2, 0.25) is 5.91 Å². The van der Waals surface area contributed by atoms with Crippen LogP contribution in [0.4, 0.5) is 0 Å². The second-order valence-corrected chi connectivity index (χ2v) is 8.24. The summed E-state index contributed by atoms with van der Waals surface area (Å²) in [5.41, 5.74) is 6.31. The molecular formula is C19H28BrClN2O2. The number of carbonyl (C=O) groups is 1. The van der Waals surface area contributed by atoms with Crippen LogP contribution >= 0.6 is 28.3 Å². The molecule has 2 fully saturated rings. The number of hydrogen-bond donors (Lipinski definition) is 2. The quantitative estimate of drug-likeness (QED) is 0.743. The number of amides is 1. The molecule has 2 aliphatic carbocycles. The summed E-state index contributed by atoms with van der Waals surface area (Å²) in [5.74, 6) is 2.16. The highest BCUT2D eigenvalue weighted by atomic mass is 79.9. The van der Waals surface area contributed by atoms with E-state index < -0.39 is 0 Å². The van der Waals surface area contributed by atoms with Crippen molar-refractivity contribution in [3.05, 3.63) is 28.7 Å². The fourth-order valence-corrected chi connectivity index (χ4v) is 4.58. The first-order valence-corrected chi connectivity index (χ1v) is 9.77. The van der Waals surface area contributed by atoms with E-state index >= 15 is 0 Å². The van der Waals surface area contributed by atoms with Gasteiger partial charge in [-0.1, -0.05) is 28.4 Å². The van der Waals surface area contributed by atoms with E-state index in [9.17, 15) is 4.79 Å². The van der Waals surface area contributed by atoms with E-state index in [4.69, 9.17) is 10.5 Å². The molecule has 2 saturated carbocycles. The minimum Gasteiger partial charge on any atom is -0.489 e. The van der Waals surface area contributed by atoms with Gasteiger partial charge in [0.1, 0.15) is 11.9 Å². The molecule has 0 heterocycles. The van der Waals surface area contributed by atoms with Crippen molar-refractivity contribution in [2.75, 3.05) is 6.54 Å². The van der Waals surface area contributed by atoms with Gasteiger partial charge in [0, 0.05) is 16.4 Å². The van der Waals surface area contributed by atoms with Crippen LogP contribution in [0.3, 0.4) is 0 Å². The minimum absolute atomic E-state index is 0. The van der Waals surface area contributed by atoms with Crippen LogP contribution in [-0.2, 0) is 4.79 Å². The van der Waals surface area contributed by atoms with Crippen LogP contribution in [0, 0.1) is 17.8 Å². The summed E-state index contributed by atoms with van der Waals surface area (Å²) in [6.07, 6.45) is 5.48. The van der Waals surface area contributed by atoms with Crippen molar-refractivity contribution in [3.63, 3.8) is 0 Å². The topological polar surface area (TPSA) is 64.4 Å². The van der Waals surface area contributed by atoms with Gasteiger partial charge in [-0.05, 0) is 62.6 Å². The number of carbonyl (C=O) groups excluding carboxylic acids is 1. The molecule has 25 heavy (non-hydrogen) atoms. The lowest BCUT2D eigenvalue weighted by Gasteiger charge is -2.43. The molecule has 1 amide bonds. The zero-order valence-electron chi connectivity index (χ0n) is 14.6. The van der Waals surface area contributed by atoms with Gasteiger partial charge in [-0.25, -0.2) is 0 Å². The van der Waals surface area contributed by atoms with Crippen molar-refractivity contribution in [2.45, 2.75) is 51.2 Å². The molecule has 0 aliphatic heterocycles. The smallest absolute Gasteiger partial charge is 0.223 e. The molecule has 1 aromatic carbocycles. The standard InChI is InChI=1S/C19H27BrN2O2.ClH/c1-12(24-17-7-3-6-16(20)10-17)11-22-19(23)15-8-13-4-2-5-14(9-15)18(13)21;/h3,6-7,10,12-15,18H,2,4-5,8-9,11,21H2,1H3,(H,22,23);1H. The Kier molecular flexibility index (Phi) is 7.59. The molecular weight excluding hydrogens is 404 g/mol. The second-order valence-electron chi connectivity index (χ2n) is 7.33. The predicted molar refractivity (Wildman–Crippen MR) is 106 cm³/mol. The van der Waals surface area contributed by atoms with Crippen molar-refractivity contribution in [1.29, 1.82) is 0 Å². The summed E-state index contributed by atoms with van der Waals surface area (Å²) >= 11 is 3.43. The molecule has 0 radical (unpaired) electrons. The molecule has 0 aromatic heterocycles. The van der Waals surface area contributed by atoms with Gasteiger partial charge in [-0.2, -0.15) is 0 Å². The lowest BCUT2D eigenvalue weighted by Crippen LogP contribution is -2.49. The number of fused-ring (bicyclic) bond motifs is 2. The van der Waals surface area contributed by atoms with Crippen molar-refractivity contribution in [1.82, 2.24) is 5.32 Å². The Morgan fingerprint density at radius 3 is 2.68 bits per heavy atom. The summed E-state index contributed by atoms with van der Waals surface area (Å²) in [6.45, 7) is 2.51. The third-order valence-electron chi connectivity index (χ3n) is 5.48. The van der Waals surface area contributed by atoms with E-state index in [1.807, 2.05) is 31.2 Å². The monoisotopic (exact) mass is 430 g/mol. The average Bonchev–Trinajstić information content (AvgIpc) is 2.52. The largest absolute Gasteiger partial charge is 0.489 e. The van der Waals surface area contributed by atoms with Crippen molar-refractivity contribution < 1.29 is 9.53 Å². The Labute approximate surface area is 164 Å². The summed E-state index contributed by atoms with van der Waals surface area (Å²) in [7, 11) is 0. The average molecular weight is 432 g/mol. The van der Waals surface area contributed by atoms with Crippen LogP contribution in [-0.4, -0.2) is 24.6 Å². The maximum atomic E-state index is 12.5. The van der Waals surface area contributed by atoms with E-state index in [0.29, 0.717) is 24.4 Å². The number of hydrogen-bond acceptors (Lipinski definition) is 3. The minimum atomic E-state index is -0.0615. The van der Waals surface area contributed by atoms with Gasteiger partial charge in [0.15, 0.2) is 0 Å². The molecule has 6 heteroatoms. The van der Waals surface area contributed by atoms with Gasteiger partial charge in [-0.3, -0.25) is 4.79 Å². The van der Waals surface area contributed by atoms with Crippen molar-refractivity contribution >= 4 is 34.2 Å². The van der Waals surface area contributed by atoms with Gasteiger partial charge in [0.25, 0.3) is 0 Å². The lowest BCUT2D eigenvalue weighted by molar-refractivity contribution is -0.128. The molecule has 3 atom stereocenters. The fraction of sp³-hybridized carbons (Fsp3) is 0.632. The number of rotatable bonds is 5. The van der Waals surface area contributed by atoms with Crippen LogP contribution in [0.1, 0.15) is 39.0 Å². The summed E-state index contributed by atoms with van der Waals surface area (Å²) in [4.78, 5) is 12.5. The van der Waals surface area contributed by atoms with E-state index in [1.54, 1.807) is 0 Å². The van der Waals surface area contributed by atoms with Crippen molar-refractivity contribution in [2.24, 2.45) is 23.5 Å². The normalized spacial score (nSPS) is 29.2. The first kappa shape index (κ1) is 20.5. The Bertz CT molecular complexity index is 572. The molecule has 2 aliphatic rings. The molecule has 1 aromatic rings. The molecule has 3 N–H and O–H groups in total. The van der Waals surface area contributed by atoms with Crippen LogP contribution < -0.4 is 15.8 Å². The summed E-state index contributed by atoms with van der Waals surface area (Å²) in [5, 5.41) is 3.07. The molecule has 0 saturated heterocycles. The van der Waals surface area contributed by atoms with Gasteiger partial charge < -0.3 is 15.8 Å². The number of ether oxygens (including phenoxy) is 1. The van der Waals surface area contributed by atoms with Crippen molar-refractivity contribution in [3.8, 4) is 5.75 Å². The van der Waals surface area contributed by atoms with E-state index in [2.05, 4.69) is 21.2 Å². The van der Waals surface area contributed by atoms with Crippen LogP contribution in [0.25, 0.3) is 0 Å². The van der Waals surface area contributed by atoms with Crippen LogP contribution in [0.15, 0.2) is 28.7 Å². The summed E-state index contributed by atoms with van der Waals surface area (Å²) < 4.78 is 6.85. The first-order valence-electron chi connectivity index (χ1n) is 8.98. The van der Waals surface area contributed by atoms with E-state index in [1.165, 1.54) is 19.3 Å². The SMILES string of the molecule is CC(CNC(=O)C1CC2CCCC(C1)C2N)Oc1cccc(Br)c1.Cl. The highest BCUT2D eigenvalue weighted by Gasteiger charge is 2.40. The van der Waals surface area contributed by atoms with E-state index in [0.717, 1.165) is 23.1 Å². The van der Waals surface area contributed by atoms with Gasteiger partial charge in [-0.15, -0.1) is 12.4 Å². The summed E-state index contributed by atoms with van der Waals surface area (Å²) in [6, 6.07) is 8.06. The Morgan fingerprint density at radius 2 is 2.04 bits per heavy atom. The Hall–Kier alpha value is -0.780. The predicted octanol–water partition coefficient (Wildman–Crippen LogP) is 3.91. The molecule has 3 rings (SSSR count). The maximum Gasteiger partial charge on any atom is 0.223 e. The molecule has 3 unspecified atom stereocenters. The Morgan fingerprint density at radius 1 is 1.36 bits per heavy atom. The number of nitrogens with two attached hydrogens (primary N) is 1. The molecule has 4 nitrogen and oxygen atoms in total. The number of halogens is 2. The zero-order valence-corrected chi connectivity index (χ0v) is 17.0. The van der Waals surface area contributed by atoms with Gasteiger partial charge in [0.05, 0.1) is 6.54 Å². The third kappa shape index (κ3) is 5.35. The highest BCUT2D eigenvalue weighted by molar-refractivity contribution is 9.10. The third-order valence-corrected chi connectivity index (χ3v) is 5.97. The lowest BCUT2D eigenvalue weighted by atomic mass is 9.65. The number of benzene rings is 1. The maximum absolute atomic E-state index is 12.5. The molecule has 2 bridgehead atoms. The van der Waals surface area contributed by atoms with Crippen LogP contribution in [0.2, 0.25) is 0 Å². The zero-order chi connectivity index (χ0) is 17.1.